The van der Waals surface area contributed by atoms with Crippen LogP contribution in [0, 0.1) is 0 Å². The molecule has 2 aromatic carbocycles. The lowest BCUT2D eigenvalue weighted by Crippen LogP contribution is -2.24. The molecule has 0 amide bonds. The zero-order valence-electron chi connectivity index (χ0n) is 11.8. The van der Waals surface area contributed by atoms with Gasteiger partial charge in [-0.15, -0.1) is 0 Å². The average Bonchev–Trinajstić information content (AvgIpc) is 2.49. The third kappa shape index (κ3) is 4.21. The Bertz CT molecular complexity index is 552. The van der Waals surface area contributed by atoms with Crippen LogP contribution in [-0.2, 0) is 11.2 Å². The van der Waals surface area contributed by atoms with E-state index in [0.717, 1.165) is 11.1 Å². The van der Waals surface area contributed by atoms with E-state index in [0.29, 0.717) is 23.1 Å². The third-order valence-corrected chi connectivity index (χ3v) is 4.01. The molecule has 0 aromatic heterocycles. The normalized spacial score (nSPS) is 13.9. The fourth-order valence-corrected chi connectivity index (χ4v) is 2.85. The minimum atomic E-state index is -0.718. The summed E-state index contributed by atoms with van der Waals surface area (Å²) in [6, 6.07) is 15.0. The monoisotopic (exact) mass is 324 g/mol. The van der Waals surface area contributed by atoms with Crippen LogP contribution in [0.5, 0.6) is 0 Å². The number of benzene rings is 2. The van der Waals surface area contributed by atoms with Gasteiger partial charge in [0.05, 0.1) is 6.10 Å². The largest absolute Gasteiger partial charge is 0.390 e. The fraction of sp³-hybridized carbons (Fsp3) is 0.294. The second-order valence-electron chi connectivity index (χ2n) is 4.76. The lowest BCUT2D eigenvalue weighted by atomic mass is 9.98. The predicted octanol–water partition coefficient (Wildman–Crippen LogP) is 4.67. The molecule has 2 aromatic rings. The standard InChI is InChI=1S/C17H18Cl2O2/c1-2-21-17(12-7-4-3-5-8-12)16(20)11-13-14(18)9-6-10-15(13)19/h3-10,16-17,20H,2,11H2,1H3. The first-order valence-electron chi connectivity index (χ1n) is 6.91. The fourth-order valence-electron chi connectivity index (χ4n) is 2.30. The maximum atomic E-state index is 10.6. The van der Waals surface area contributed by atoms with Crippen molar-refractivity contribution in [2.45, 2.75) is 25.6 Å². The second-order valence-corrected chi connectivity index (χ2v) is 5.57. The van der Waals surface area contributed by atoms with Crippen LogP contribution in [0.3, 0.4) is 0 Å². The topological polar surface area (TPSA) is 29.5 Å². The van der Waals surface area contributed by atoms with Crippen molar-refractivity contribution in [1.29, 1.82) is 0 Å². The molecule has 0 bridgehead atoms. The third-order valence-electron chi connectivity index (χ3n) is 3.30. The van der Waals surface area contributed by atoms with Crippen LogP contribution in [0.15, 0.2) is 48.5 Å². The summed E-state index contributed by atoms with van der Waals surface area (Å²) in [6.07, 6.45) is -0.772. The molecule has 21 heavy (non-hydrogen) atoms. The molecule has 0 radical (unpaired) electrons. The van der Waals surface area contributed by atoms with E-state index in [4.69, 9.17) is 27.9 Å². The van der Waals surface area contributed by atoms with Gasteiger partial charge in [-0.1, -0.05) is 59.6 Å². The first kappa shape index (κ1) is 16.3. The highest BCUT2D eigenvalue weighted by Gasteiger charge is 2.23. The van der Waals surface area contributed by atoms with Crippen molar-refractivity contribution in [3.63, 3.8) is 0 Å². The van der Waals surface area contributed by atoms with Crippen LogP contribution in [0.2, 0.25) is 10.0 Å². The molecule has 0 saturated heterocycles. The van der Waals surface area contributed by atoms with E-state index in [1.807, 2.05) is 37.3 Å². The first-order valence-corrected chi connectivity index (χ1v) is 7.66. The number of aliphatic hydroxyl groups is 1. The van der Waals surface area contributed by atoms with Gasteiger partial charge >= 0.3 is 0 Å². The van der Waals surface area contributed by atoms with Crippen LogP contribution in [0.4, 0.5) is 0 Å². The van der Waals surface area contributed by atoms with E-state index >= 15 is 0 Å². The molecule has 2 rings (SSSR count). The van der Waals surface area contributed by atoms with Crippen LogP contribution >= 0.6 is 23.2 Å². The number of halogens is 2. The Morgan fingerprint density at radius 3 is 2.19 bits per heavy atom. The summed E-state index contributed by atoms with van der Waals surface area (Å²) in [5.41, 5.74) is 1.68. The summed E-state index contributed by atoms with van der Waals surface area (Å²) in [5.74, 6) is 0. The van der Waals surface area contributed by atoms with Gasteiger partial charge in [0.2, 0.25) is 0 Å². The van der Waals surface area contributed by atoms with Crippen molar-refractivity contribution in [1.82, 2.24) is 0 Å². The number of aliphatic hydroxyl groups excluding tert-OH is 1. The van der Waals surface area contributed by atoms with Gasteiger partial charge in [0, 0.05) is 23.1 Å². The molecule has 2 unspecified atom stereocenters. The van der Waals surface area contributed by atoms with E-state index in [9.17, 15) is 5.11 Å². The van der Waals surface area contributed by atoms with Gasteiger partial charge in [-0.2, -0.15) is 0 Å². The van der Waals surface area contributed by atoms with Crippen LogP contribution in [0.25, 0.3) is 0 Å². The van der Waals surface area contributed by atoms with Gasteiger partial charge < -0.3 is 9.84 Å². The van der Waals surface area contributed by atoms with Crippen molar-refractivity contribution in [2.24, 2.45) is 0 Å². The number of hydrogen-bond donors (Lipinski definition) is 1. The first-order chi connectivity index (χ1) is 10.1. The highest BCUT2D eigenvalue weighted by Crippen LogP contribution is 2.30. The molecule has 0 spiro atoms. The van der Waals surface area contributed by atoms with Gasteiger partial charge in [-0.3, -0.25) is 0 Å². The molecule has 1 N–H and O–H groups in total. The smallest absolute Gasteiger partial charge is 0.109 e. The van der Waals surface area contributed by atoms with Crippen LogP contribution in [-0.4, -0.2) is 17.8 Å². The molecule has 0 fully saturated rings. The van der Waals surface area contributed by atoms with E-state index in [2.05, 4.69) is 0 Å². The van der Waals surface area contributed by atoms with Gasteiger partial charge in [-0.05, 0) is 30.2 Å². The molecule has 0 saturated carbocycles. The minimum absolute atomic E-state index is 0.345. The Labute approximate surface area is 135 Å². The van der Waals surface area contributed by atoms with Crippen molar-refractivity contribution in [2.75, 3.05) is 6.61 Å². The average molecular weight is 325 g/mol. The van der Waals surface area contributed by atoms with E-state index in [1.54, 1.807) is 18.2 Å². The molecule has 0 aliphatic heterocycles. The molecule has 0 aliphatic rings. The Morgan fingerprint density at radius 1 is 1.00 bits per heavy atom. The Hall–Kier alpha value is -1.06. The zero-order chi connectivity index (χ0) is 15.2. The summed E-state index contributed by atoms with van der Waals surface area (Å²) >= 11 is 12.3. The van der Waals surface area contributed by atoms with Crippen LogP contribution in [0.1, 0.15) is 24.2 Å². The summed E-state index contributed by atoms with van der Waals surface area (Å²) in [4.78, 5) is 0. The summed E-state index contributed by atoms with van der Waals surface area (Å²) < 4.78 is 5.71. The maximum Gasteiger partial charge on any atom is 0.109 e. The molecule has 2 nitrogen and oxygen atoms in total. The second kappa shape index (κ2) is 7.81. The Kier molecular flexibility index (Phi) is 6.07. The van der Waals surface area contributed by atoms with Crippen molar-refractivity contribution in [3.8, 4) is 0 Å². The number of rotatable bonds is 6. The van der Waals surface area contributed by atoms with Gasteiger partial charge in [-0.25, -0.2) is 0 Å². The molecule has 0 heterocycles. The van der Waals surface area contributed by atoms with Gasteiger partial charge in [0.1, 0.15) is 6.10 Å². The highest BCUT2D eigenvalue weighted by molar-refractivity contribution is 6.36. The molecular weight excluding hydrogens is 307 g/mol. The van der Waals surface area contributed by atoms with Crippen LogP contribution < -0.4 is 0 Å². The summed E-state index contributed by atoms with van der Waals surface area (Å²) in [6.45, 7) is 2.43. The van der Waals surface area contributed by atoms with Gasteiger partial charge in [0.25, 0.3) is 0 Å². The molecular formula is C17H18Cl2O2. The van der Waals surface area contributed by atoms with Crippen molar-refractivity contribution < 1.29 is 9.84 Å². The lowest BCUT2D eigenvalue weighted by molar-refractivity contribution is -0.0339. The highest BCUT2D eigenvalue weighted by atomic mass is 35.5. The molecule has 2 atom stereocenters. The zero-order valence-corrected chi connectivity index (χ0v) is 13.3. The number of ether oxygens (including phenoxy) is 1. The van der Waals surface area contributed by atoms with Crippen molar-refractivity contribution in [3.05, 3.63) is 69.7 Å². The van der Waals surface area contributed by atoms with E-state index < -0.39 is 12.2 Å². The van der Waals surface area contributed by atoms with Gasteiger partial charge in [0.15, 0.2) is 0 Å². The van der Waals surface area contributed by atoms with Crippen molar-refractivity contribution >= 4 is 23.2 Å². The molecule has 4 heteroatoms. The van der Waals surface area contributed by atoms with E-state index in [-0.39, 0.29) is 0 Å². The quantitative estimate of drug-likeness (QED) is 0.836. The molecule has 112 valence electrons. The predicted molar refractivity (Wildman–Crippen MR) is 87.0 cm³/mol. The minimum Gasteiger partial charge on any atom is -0.390 e. The maximum absolute atomic E-state index is 10.6. The van der Waals surface area contributed by atoms with E-state index in [1.165, 1.54) is 0 Å². The summed E-state index contributed by atoms with van der Waals surface area (Å²) in [7, 11) is 0. The molecule has 0 aliphatic carbocycles. The SMILES string of the molecule is CCOC(c1ccccc1)C(O)Cc1c(Cl)cccc1Cl. The lowest BCUT2D eigenvalue weighted by Gasteiger charge is -2.24. The summed E-state index contributed by atoms with van der Waals surface area (Å²) in [5, 5.41) is 11.7. The number of hydrogen-bond acceptors (Lipinski definition) is 2. The Morgan fingerprint density at radius 2 is 1.62 bits per heavy atom. The Balaban J connectivity index is 2.21.